The highest BCUT2D eigenvalue weighted by molar-refractivity contribution is 6.35. The van der Waals surface area contributed by atoms with Crippen LogP contribution in [0.25, 0.3) is 22.2 Å². The van der Waals surface area contributed by atoms with Gasteiger partial charge in [-0.1, -0.05) is 54.1 Å². The van der Waals surface area contributed by atoms with Crippen LogP contribution in [0.3, 0.4) is 0 Å². The molecule has 4 aromatic rings. The number of esters is 1. The summed E-state index contributed by atoms with van der Waals surface area (Å²) in [5.41, 5.74) is 2.09. The van der Waals surface area contributed by atoms with E-state index in [1.54, 1.807) is 24.3 Å². The maximum Gasteiger partial charge on any atom is 0.339 e. The molecule has 0 radical (unpaired) electrons. The molecule has 32 heavy (non-hydrogen) atoms. The molecule has 0 atom stereocenters. The number of non-ortho nitro benzene ring substituents is 1. The summed E-state index contributed by atoms with van der Waals surface area (Å²) in [5.74, 6) is -1.18. The normalized spacial score (nSPS) is 10.7. The predicted octanol–water partition coefficient (Wildman–Crippen LogP) is 5.50. The number of nitrogens with zero attached hydrogens (tertiary/aromatic N) is 2. The van der Waals surface area contributed by atoms with Crippen molar-refractivity contribution >= 4 is 39.9 Å². The lowest BCUT2D eigenvalue weighted by Crippen LogP contribution is -2.15. The number of carbonyl (C=O) groups excluding carboxylic acids is 2. The number of benzene rings is 3. The van der Waals surface area contributed by atoms with Gasteiger partial charge in [0.15, 0.2) is 12.4 Å². The van der Waals surface area contributed by atoms with E-state index in [2.05, 4.69) is 4.98 Å². The van der Waals surface area contributed by atoms with E-state index in [4.69, 9.17) is 16.3 Å². The summed E-state index contributed by atoms with van der Waals surface area (Å²) in [5, 5.41) is 11.6. The molecule has 0 aliphatic rings. The number of aromatic nitrogens is 1. The predicted molar refractivity (Wildman–Crippen MR) is 120 cm³/mol. The van der Waals surface area contributed by atoms with Crippen molar-refractivity contribution in [3.63, 3.8) is 0 Å². The van der Waals surface area contributed by atoms with E-state index in [-0.39, 0.29) is 16.8 Å². The number of halogens is 1. The second-order valence-electron chi connectivity index (χ2n) is 6.86. The van der Waals surface area contributed by atoms with Crippen LogP contribution in [0.2, 0.25) is 5.02 Å². The zero-order valence-electron chi connectivity index (χ0n) is 16.5. The zero-order valence-corrected chi connectivity index (χ0v) is 17.3. The number of ketones is 1. The first-order valence-electron chi connectivity index (χ1n) is 9.53. The minimum Gasteiger partial charge on any atom is -0.454 e. The molecule has 0 spiro atoms. The molecule has 7 nitrogen and oxygen atoms in total. The van der Waals surface area contributed by atoms with Crippen molar-refractivity contribution in [3.05, 3.63) is 105 Å². The standard InChI is InChI=1S/C24H15ClN2O5/c25-20-8-4-7-18-19(13-21(26-23(18)20)15-5-2-1-3-6-15)24(29)32-14-22(28)16-9-11-17(12-10-16)27(30)31/h1-13H,14H2. The van der Waals surface area contributed by atoms with E-state index in [0.29, 0.717) is 21.6 Å². The van der Waals surface area contributed by atoms with E-state index in [1.165, 1.54) is 24.3 Å². The number of fused-ring (bicyclic) bond motifs is 1. The Labute approximate surface area is 187 Å². The van der Waals surface area contributed by atoms with Crippen molar-refractivity contribution in [2.75, 3.05) is 6.61 Å². The topological polar surface area (TPSA) is 99.4 Å². The molecule has 0 N–H and O–H groups in total. The van der Waals surface area contributed by atoms with E-state index in [1.807, 2.05) is 30.3 Å². The summed E-state index contributed by atoms with van der Waals surface area (Å²) in [6, 6.07) is 21.1. The Morgan fingerprint density at radius 1 is 0.969 bits per heavy atom. The highest BCUT2D eigenvalue weighted by Crippen LogP contribution is 2.29. The highest BCUT2D eigenvalue weighted by atomic mass is 35.5. The Morgan fingerprint density at radius 3 is 2.38 bits per heavy atom. The van der Waals surface area contributed by atoms with Gasteiger partial charge in [0.2, 0.25) is 0 Å². The zero-order chi connectivity index (χ0) is 22.7. The molecule has 1 heterocycles. The summed E-state index contributed by atoms with van der Waals surface area (Å²) < 4.78 is 5.27. The van der Waals surface area contributed by atoms with Crippen LogP contribution in [0, 0.1) is 10.1 Å². The molecule has 4 rings (SSSR count). The van der Waals surface area contributed by atoms with Gasteiger partial charge in [-0.25, -0.2) is 9.78 Å². The Bertz CT molecular complexity index is 1340. The number of nitro benzene ring substituents is 1. The number of rotatable bonds is 6. The smallest absolute Gasteiger partial charge is 0.339 e. The van der Waals surface area contributed by atoms with Gasteiger partial charge in [-0.2, -0.15) is 0 Å². The first-order valence-corrected chi connectivity index (χ1v) is 9.91. The van der Waals surface area contributed by atoms with Crippen molar-refractivity contribution in [2.24, 2.45) is 0 Å². The summed E-state index contributed by atoms with van der Waals surface area (Å²) in [6.07, 6.45) is 0. The third kappa shape index (κ3) is 4.33. The summed E-state index contributed by atoms with van der Waals surface area (Å²) in [4.78, 5) is 40.1. The molecule has 3 aromatic carbocycles. The molecule has 0 aliphatic heterocycles. The number of pyridine rings is 1. The number of ether oxygens (including phenoxy) is 1. The molecule has 0 amide bonds. The lowest BCUT2D eigenvalue weighted by molar-refractivity contribution is -0.384. The van der Waals surface area contributed by atoms with Gasteiger partial charge >= 0.3 is 5.97 Å². The number of hydrogen-bond acceptors (Lipinski definition) is 6. The molecule has 0 fully saturated rings. The van der Waals surface area contributed by atoms with Crippen molar-refractivity contribution in [1.82, 2.24) is 4.98 Å². The van der Waals surface area contributed by atoms with Crippen LogP contribution < -0.4 is 0 Å². The Kier molecular flexibility index (Phi) is 5.91. The third-order valence-electron chi connectivity index (χ3n) is 4.81. The van der Waals surface area contributed by atoms with Crippen LogP contribution in [0.1, 0.15) is 20.7 Å². The quantitative estimate of drug-likeness (QED) is 0.168. The van der Waals surface area contributed by atoms with Gasteiger partial charge < -0.3 is 4.74 Å². The number of hydrogen-bond donors (Lipinski definition) is 0. The summed E-state index contributed by atoms with van der Waals surface area (Å²) >= 11 is 6.32. The summed E-state index contributed by atoms with van der Waals surface area (Å²) in [6.45, 7) is -0.512. The fourth-order valence-electron chi connectivity index (χ4n) is 3.20. The summed E-state index contributed by atoms with van der Waals surface area (Å²) in [7, 11) is 0. The van der Waals surface area contributed by atoms with E-state index in [9.17, 15) is 19.7 Å². The van der Waals surface area contributed by atoms with Crippen LogP contribution in [-0.2, 0) is 4.74 Å². The molecule has 0 bridgehead atoms. The van der Waals surface area contributed by atoms with Gasteiger partial charge in [-0.3, -0.25) is 14.9 Å². The van der Waals surface area contributed by atoms with Crippen LogP contribution in [0.5, 0.6) is 0 Å². The second-order valence-corrected chi connectivity index (χ2v) is 7.27. The lowest BCUT2D eigenvalue weighted by Gasteiger charge is -2.11. The number of Topliss-reactive ketones (excluding diaryl/α,β-unsaturated/α-hetero) is 1. The fourth-order valence-corrected chi connectivity index (χ4v) is 3.42. The first-order chi connectivity index (χ1) is 15.4. The van der Waals surface area contributed by atoms with Crippen molar-refractivity contribution in [3.8, 4) is 11.3 Å². The molecule has 158 valence electrons. The average molecular weight is 447 g/mol. The molecular weight excluding hydrogens is 432 g/mol. The van der Waals surface area contributed by atoms with Gasteiger partial charge in [0.1, 0.15) is 0 Å². The number of carbonyl (C=O) groups is 2. The van der Waals surface area contributed by atoms with Crippen LogP contribution in [0.15, 0.2) is 78.9 Å². The SMILES string of the molecule is O=C(COC(=O)c1cc(-c2ccccc2)nc2c(Cl)cccc12)c1ccc([N+](=O)[O-])cc1. The van der Waals surface area contributed by atoms with Crippen molar-refractivity contribution in [1.29, 1.82) is 0 Å². The molecule has 0 saturated carbocycles. The fraction of sp³-hybridized carbons (Fsp3) is 0.0417. The van der Waals surface area contributed by atoms with E-state index in [0.717, 1.165) is 5.56 Å². The molecule has 0 aliphatic carbocycles. The largest absolute Gasteiger partial charge is 0.454 e. The molecular formula is C24H15ClN2O5. The van der Waals surface area contributed by atoms with Crippen molar-refractivity contribution < 1.29 is 19.2 Å². The van der Waals surface area contributed by atoms with Crippen LogP contribution >= 0.6 is 11.6 Å². The highest BCUT2D eigenvalue weighted by Gasteiger charge is 2.18. The lowest BCUT2D eigenvalue weighted by atomic mass is 10.0. The maximum atomic E-state index is 12.9. The van der Waals surface area contributed by atoms with Crippen LogP contribution in [-0.4, -0.2) is 28.3 Å². The molecule has 1 aromatic heterocycles. The first kappa shape index (κ1) is 21.1. The van der Waals surface area contributed by atoms with Gasteiger partial charge in [-0.15, -0.1) is 0 Å². The van der Waals surface area contributed by atoms with E-state index < -0.39 is 23.3 Å². The Morgan fingerprint density at radius 2 is 1.69 bits per heavy atom. The van der Waals surface area contributed by atoms with Gasteiger partial charge in [0, 0.05) is 28.6 Å². The molecule has 8 heteroatoms. The van der Waals surface area contributed by atoms with Gasteiger partial charge in [-0.05, 0) is 24.3 Å². The number of nitro groups is 1. The number of para-hydroxylation sites is 1. The van der Waals surface area contributed by atoms with Crippen LogP contribution in [0.4, 0.5) is 5.69 Å². The minimum atomic E-state index is -0.702. The van der Waals surface area contributed by atoms with E-state index >= 15 is 0 Å². The average Bonchev–Trinajstić information content (AvgIpc) is 2.82. The van der Waals surface area contributed by atoms with Gasteiger partial charge in [0.05, 0.1) is 26.7 Å². The third-order valence-corrected chi connectivity index (χ3v) is 5.12. The second kappa shape index (κ2) is 8.95. The maximum absolute atomic E-state index is 12.9. The monoisotopic (exact) mass is 446 g/mol. The van der Waals surface area contributed by atoms with Crippen molar-refractivity contribution in [2.45, 2.75) is 0 Å². The molecule has 0 unspecified atom stereocenters. The minimum absolute atomic E-state index is 0.132. The van der Waals surface area contributed by atoms with Gasteiger partial charge in [0.25, 0.3) is 5.69 Å². The molecule has 0 saturated heterocycles. The Balaban J connectivity index is 1.62. The Hall–Kier alpha value is -4.10.